The number of fused-ring (bicyclic) bond motifs is 1. The molecule has 1 amide bonds. The van der Waals surface area contributed by atoms with Crippen LogP contribution in [0.25, 0.3) is 10.9 Å². The van der Waals surface area contributed by atoms with Gasteiger partial charge in [-0.05, 0) is 49.2 Å². The van der Waals surface area contributed by atoms with Crippen LogP contribution >= 0.6 is 0 Å². The molecule has 0 radical (unpaired) electrons. The number of carbonyl (C=O) groups excluding carboxylic acids is 2. The SMILES string of the molecule is O=Cc1ccc(N2CCC(C(=O)NCc3ccc4ccccc4n3)CC2)cc1. The summed E-state index contributed by atoms with van der Waals surface area (Å²) in [7, 11) is 0. The zero-order valence-corrected chi connectivity index (χ0v) is 15.7. The van der Waals surface area contributed by atoms with Gasteiger partial charge in [0.1, 0.15) is 6.29 Å². The Kier molecular flexibility index (Phi) is 5.33. The number of anilines is 1. The number of nitrogens with one attached hydrogen (secondary N) is 1. The van der Waals surface area contributed by atoms with Gasteiger partial charge in [0.2, 0.25) is 5.91 Å². The van der Waals surface area contributed by atoms with Crippen LogP contribution in [0.2, 0.25) is 0 Å². The number of nitrogens with zero attached hydrogens (tertiary/aromatic N) is 2. The van der Waals surface area contributed by atoms with Crippen LogP contribution in [0.3, 0.4) is 0 Å². The third-order valence-electron chi connectivity index (χ3n) is 5.36. The van der Waals surface area contributed by atoms with Crippen molar-refractivity contribution in [3.63, 3.8) is 0 Å². The number of hydrogen-bond donors (Lipinski definition) is 1. The first-order valence-electron chi connectivity index (χ1n) is 9.65. The van der Waals surface area contributed by atoms with Crippen molar-refractivity contribution >= 4 is 28.8 Å². The van der Waals surface area contributed by atoms with Crippen molar-refractivity contribution in [3.05, 3.63) is 71.9 Å². The number of pyridine rings is 1. The number of hydrogen-bond acceptors (Lipinski definition) is 4. The highest BCUT2D eigenvalue weighted by atomic mass is 16.1. The molecule has 5 nitrogen and oxygen atoms in total. The first-order chi connectivity index (χ1) is 13.7. The molecular formula is C23H23N3O2. The van der Waals surface area contributed by atoms with E-state index in [0.717, 1.165) is 54.5 Å². The van der Waals surface area contributed by atoms with E-state index in [0.29, 0.717) is 12.1 Å². The summed E-state index contributed by atoms with van der Waals surface area (Å²) >= 11 is 0. The number of aldehydes is 1. The van der Waals surface area contributed by atoms with Gasteiger partial charge in [-0.25, -0.2) is 0 Å². The molecule has 0 spiro atoms. The Hall–Kier alpha value is -3.21. The standard InChI is InChI=1S/C23H23N3O2/c27-16-17-5-9-21(10-6-17)26-13-11-19(12-14-26)23(28)24-15-20-8-7-18-3-1-2-4-22(18)25-20/h1-10,16,19H,11-15H2,(H,24,28). The summed E-state index contributed by atoms with van der Waals surface area (Å²) in [6.07, 6.45) is 2.50. The molecule has 0 aliphatic carbocycles. The molecule has 2 aromatic carbocycles. The molecule has 1 N–H and O–H groups in total. The summed E-state index contributed by atoms with van der Waals surface area (Å²) in [6.45, 7) is 2.14. The van der Waals surface area contributed by atoms with E-state index in [4.69, 9.17) is 0 Å². The molecule has 1 aliphatic rings. The van der Waals surface area contributed by atoms with Gasteiger partial charge in [-0.1, -0.05) is 24.3 Å². The van der Waals surface area contributed by atoms with E-state index in [1.807, 2.05) is 60.7 Å². The second-order valence-electron chi connectivity index (χ2n) is 7.18. The van der Waals surface area contributed by atoms with Crippen molar-refractivity contribution < 1.29 is 9.59 Å². The Morgan fingerprint density at radius 3 is 2.54 bits per heavy atom. The number of aromatic nitrogens is 1. The maximum absolute atomic E-state index is 12.6. The lowest BCUT2D eigenvalue weighted by molar-refractivity contribution is -0.125. The summed E-state index contributed by atoms with van der Waals surface area (Å²) in [5.74, 6) is 0.136. The molecular weight excluding hydrogens is 350 g/mol. The van der Waals surface area contributed by atoms with E-state index < -0.39 is 0 Å². The van der Waals surface area contributed by atoms with Crippen LogP contribution in [-0.2, 0) is 11.3 Å². The molecule has 0 bridgehead atoms. The predicted octanol–water partition coefficient (Wildman–Crippen LogP) is 3.58. The van der Waals surface area contributed by atoms with Crippen LogP contribution in [0.5, 0.6) is 0 Å². The second-order valence-corrected chi connectivity index (χ2v) is 7.18. The molecule has 28 heavy (non-hydrogen) atoms. The van der Waals surface area contributed by atoms with Crippen molar-refractivity contribution in [2.24, 2.45) is 5.92 Å². The van der Waals surface area contributed by atoms with E-state index in [9.17, 15) is 9.59 Å². The predicted molar refractivity (Wildman–Crippen MR) is 110 cm³/mol. The minimum absolute atomic E-state index is 0.0333. The molecule has 1 fully saturated rings. The Morgan fingerprint density at radius 1 is 1.04 bits per heavy atom. The van der Waals surface area contributed by atoms with Crippen LogP contribution in [0.15, 0.2) is 60.7 Å². The molecule has 1 saturated heterocycles. The average Bonchev–Trinajstić information content (AvgIpc) is 2.77. The van der Waals surface area contributed by atoms with E-state index in [1.165, 1.54) is 0 Å². The minimum Gasteiger partial charge on any atom is -0.371 e. The molecule has 4 rings (SSSR count). The maximum Gasteiger partial charge on any atom is 0.223 e. The summed E-state index contributed by atoms with van der Waals surface area (Å²) < 4.78 is 0. The van der Waals surface area contributed by atoms with E-state index in [1.54, 1.807) is 0 Å². The lowest BCUT2D eigenvalue weighted by Crippen LogP contribution is -2.40. The summed E-state index contributed by atoms with van der Waals surface area (Å²) in [6, 6.07) is 19.6. The number of amides is 1. The van der Waals surface area contributed by atoms with Gasteiger partial charge >= 0.3 is 0 Å². The highest BCUT2D eigenvalue weighted by molar-refractivity contribution is 5.80. The van der Waals surface area contributed by atoms with Gasteiger partial charge < -0.3 is 10.2 Å². The average molecular weight is 373 g/mol. The van der Waals surface area contributed by atoms with Gasteiger partial charge in [0.15, 0.2) is 0 Å². The minimum atomic E-state index is 0.0333. The fraction of sp³-hybridized carbons (Fsp3) is 0.261. The maximum atomic E-state index is 12.6. The molecule has 0 unspecified atom stereocenters. The molecule has 5 heteroatoms. The van der Waals surface area contributed by atoms with Gasteiger partial charge in [0.05, 0.1) is 17.8 Å². The quantitative estimate of drug-likeness (QED) is 0.695. The summed E-state index contributed by atoms with van der Waals surface area (Å²) in [5.41, 5.74) is 3.60. The van der Waals surface area contributed by atoms with Crippen LogP contribution in [0, 0.1) is 5.92 Å². The van der Waals surface area contributed by atoms with Crippen LogP contribution in [0.1, 0.15) is 28.9 Å². The van der Waals surface area contributed by atoms with Crippen LogP contribution in [-0.4, -0.2) is 30.3 Å². The second kappa shape index (κ2) is 8.21. The van der Waals surface area contributed by atoms with Crippen molar-refractivity contribution in [3.8, 4) is 0 Å². The first-order valence-corrected chi connectivity index (χ1v) is 9.65. The fourth-order valence-electron chi connectivity index (χ4n) is 3.69. The van der Waals surface area contributed by atoms with Gasteiger partial charge in [-0.15, -0.1) is 0 Å². The molecule has 1 aliphatic heterocycles. The Bertz CT molecular complexity index is 977. The largest absolute Gasteiger partial charge is 0.371 e. The lowest BCUT2D eigenvalue weighted by atomic mass is 9.95. The topological polar surface area (TPSA) is 62.3 Å². The van der Waals surface area contributed by atoms with Crippen LogP contribution < -0.4 is 10.2 Å². The molecule has 0 saturated carbocycles. The Morgan fingerprint density at radius 2 is 1.79 bits per heavy atom. The molecule has 3 aromatic rings. The number of para-hydroxylation sites is 1. The van der Waals surface area contributed by atoms with E-state index in [-0.39, 0.29) is 11.8 Å². The third kappa shape index (κ3) is 4.03. The summed E-state index contributed by atoms with van der Waals surface area (Å²) in [5, 5.41) is 4.15. The first kappa shape index (κ1) is 18.2. The number of rotatable bonds is 5. The Balaban J connectivity index is 1.30. The normalized spacial score (nSPS) is 14.8. The Labute approximate surface area is 164 Å². The van der Waals surface area contributed by atoms with Crippen molar-refractivity contribution in [2.45, 2.75) is 19.4 Å². The van der Waals surface area contributed by atoms with Crippen molar-refractivity contribution in [2.75, 3.05) is 18.0 Å². The fourth-order valence-corrected chi connectivity index (χ4v) is 3.69. The van der Waals surface area contributed by atoms with E-state index in [2.05, 4.69) is 15.2 Å². The number of piperidine rings is 1. The third-order valence-corrected chi connectivity index (χ3v) is 5.36. The molecule has 0 atom stereocenters. The van der Waals surface area contributed by atoms with Crippen molar-refractivity contribution in [1.29, 1.82) is 0 Å². The molecule has 142 valence electrons. The molecule has 2 heterocycles. The monoisotopic (exact) mass is 373 g/mol. The van der Waals surface area contributed by atoms with Gasteiger partial charge in [0.25, 0.3) is 0 Å². The van der Waals surface area contributed by atoms with Gasteiger partial charge in [-0.3, -0.25) is 14.6 Å². The van der Waals surface area contributed by atoms with Crippen molar-refractivity contribution in [1.82, 2.24) is 10.3 Å². The van der Waals surface area contributed by atoms with Crippen LogP contribution in [0.4, 0.5) is 5.69 Å². The highest BCUT2D eigenvalue weighted by Crippen LogP contribution is 2.23. The van der Waals surface area contributed by atoms with Gasteiger partial charge in [-0.2, -0.15) is 0 Å². The van der Waals surface area contributed by atoms with E-state index >= 15 is 0 Å². The zero-order valence-electron chi connectivity index (χ0n) is 15.7. The zero-order chi connectivity index (χ0) is 19.3. The number of carbonyl (C=O) groups is 2. The summed E-state index contributed by atoms with van der Waals surface area (Å²) in [4.78, 5) is 30.2. The lowest BCUT2D eigenvalue weighted by Gasteiger charge is -2.33. The molecule has 1 aromatic heterocycles. The van der Waals surface area contributed by atoms with Gasteiger partial charge in [0, 0.05) is 35.6 Å². The number of benzene rings is 2. The smallest absolute Gasteiger partial charge is 0.223 e. The highest BCUT2D eigenvalue weighted by Gasteiger charge is 2.25.